The van der Waals surface area contributed by atoms with Crippen LogP contribution >= 0.6 is 25.4 Å². The summed E-state index contributed by atoms with van der Waals surface area (Å²) in [6.45, 7) is 9.20. The van der Waals surface area contributed by atoms with Crippen LogP contribution in [0.3, 0.4) is 0 Å². The summed E-state index contributed by atoms with van der Waals surface area (Å²) in [5.41, 5.74) is 6.11. The standard InChI is InChI=1S/C16H16P2S/c1-9-5-17-15(11(9)3)13-7-19-8-14(13)16-12(4)10(2)6-18(16)17/h5-8H,1-4H3. The fraction of sp³-hybridized carbons (Fsp3) is 0.250. The smallest absolute Gasteiger partial charge is 0.0137 e. The number of fused-ring (bicyclic) bond motifs is 6. The lowest BCUT2D eigenvalue weighted by atomic mass is 10.1. The molecule has 2 unspecified atom stereocenters. The fourth-order valence-corrected chi connectivity index (χ4v) is 12.7. The van der Waals surface area contributed by atoms with Crippen LogP contribution < -0.4 is 0 Å². The third-order valence-electron chi connectivity index (χ3n) is 4.39. The fourth-order valence-electron chi connectivity index (χ4n) is 3.06. The van der Waals surface area contributed by atoms with Gasteiger partial charge < -0.3 is 0 Å². The van der Waals surface area contributed by atoms with Crippen LogP contribution in [0.4, 0.5) is 0 Å². The van der Waals surface area contributed by atoms with Crippen LogP contribution in [0.1, 0.15) is 22.3 Å². The summed E-state index contributed by atoms with van der Waals surface area (Å²) >= 11 is 1.87. The SMILES string of the molecule is Cc1cp2c(c1C)c1cscc1c1c(C)c(C)cp12. The first-order valence-corrected chi connectivity index (χ1v) is 11.0. The molecule has 96 valence electrons. The van der Waals surface area contributed by atoms with Crippen molar-refractivity contribution >= 4 is 46.4 Å². The Kier molecular flexibility index (Phi) is 2.46. The van der Waals surface area contributed by atoms with Crippen molar-refractivity contribution in [3.05, 3.63) is 44.6 Å². The van der Waals surface area contributed by atoms with Crippen LogP contribution in [0.5, 0.6) is 0 Å². The summed E-state index contributed by atoms with van der Waals surface area (Å²) in [5.74, 6) is 5.16. The number of aryl methyl sites for hydroxylation is 4. The lowest BCUT2D eigenvalue weighted by molar-refractivity contribution is 1.43. The van der Waals surface area contributed by atoms with E-state index in [1.165, 1.54) is 21.9 Å². The van der Waals surface area contributed by atoms with E-state index < -0.39 is 0 Å². The lowest BCUT2D eigenvalue weighted by Gasteiger charge is -2.03. The Labute approximate surface area is 119 Å². The van der Waals surface area contributed by atoms with Crippen molar-refractivity contribution in [1.82, 2.24) is 0 Å². The van der Waals surface area contributed by atoms with Crippen LogP contribution in [0, 0.1) is 27.7 Å². The molecule has 4 heterocycles. The van der Waals surface area contributed by atoms with E-state index in [2.05, 4.69) is 50.1 Å². The summed E-state index contributed by atoms with van der Waals surface area (Å²) in [6.07, 6.45) is 0. The van der Waals surface area contributed by atoms with E-state index in [1.807, 2.05) is 11.3 Å². The molecule has 0 aromatic carbocycles. The molecule has 4 rings (SSSR count). The second-order valence-corrected chi connectivity index (χ2v) is 11.6. The van der Waals surface area contributed by atoms with Crippen LogP contribution in [-0.4, -0.2) is 0 Å². The monoisotopic (exact) mass is 302 g/mol. The molecule has 0 aliphatic rings. The molecule has 0 radical (unpaired) electrons. The van der Waals surface area contributed by atoms with Crippen molar-refractivity contribution in [2.75, 3.05) is 0 Å². The molecular weight excluding hydrogens is 286 g/mol. The number of thiophene rings is 1. The molecular formula is C16H16P2S. The molecule has 0 N–H and O–H groups in total. The van der Waals surface area contributed by atoms with Crippen molar-refractivity contribution in [1.29, 1.82) is 0 Å². The van der Waals surface area contributed by atoms with Gasteiger partial charge >= 0.3 is 0 Å². The third kappa shape index (κ3) is 1.42. The highest BCUT2D eigenvalue weighted by atomic mass is 32.1. The second kappa shape index (κ2) is 3.89. The van der Waals surface area contributed by atoms with E-state index in [1.54, 1.807) is 21.4 Å². The van der Waals surface area contributed by atoms with Gasteiger partial charge in [0, 0.05) is 21.0 Å². The molecule has 2 atom stereocenters. The molecule has 3 heteroatoms. The van der Waals surface area contributed by atoms with Crippen molar-refractivity contribution < 1.29 is 0 Å². The molecule has 0 bridgehead atoms. The van der Waals surface area contributed by atoms with E-state index >= 15 is 0 Å². The van der Waals surface area contributed by atoms with E-state index in [-0.39, 0.29) is 14.0 Å². The average molecular weight is 302 g/mol. The number of hydrogen-bond acceptors (Lipinski definition) is 1. The van der Waals surface area contributed by atoms with Crippen molar-refractivity contribution in [3.63, 3.8) is 0 Å². The Morgan fingerprint density at radius 1 is 0.737 bits per heavy atom. The molecule has 4 aromatic heterocycles. The summed E-state index contributed by atoms with van der Waals surface area (Å²) in [5, 5.41) is 11.2. The Balaban J connectivity index is 2.48. The van der Waals surface area contributed by atoms with E-state index in [4.69, 9.17) is 0 Å². The molecule has 0 nitrogen and oxygen atoms in total. The van der Waals surface area contributed by atoms with Gasteiger partial charge in [-0.3, -0.25) is 0 Å². The predicted molar refractivity (Wildman–Crippen MR) is 92.1 cm³/mol. The first-order valence-electron chi connectivity index (χ1n) is 6.54. The molecule has 0 aliphatic carbocycles. The van der Waals surface area contributed by atoms with E-state index in [9.17, 15) is 0 Å². The van der Waals surface area contributed by atoms with Gasteiger partial charge in [-0.2, -0.15) is 11.3 Å². The van der Waals surface area contributed by atoms with Crippen LogP contribution in [0.25, 0.3) is 21.0 Å². The Hall–Kier alpha value is -0.740. The maximum absolute atomic E-state index is 2.58. The van der Waals surface area contributed by atoms with Crippen molar-refractivity contribution in [2.45, 2.75) is 27.7 Å². The van der Waals surface area contributed by atoms with Gasteiger partial charge in [-0.25, -0.2) is 0 Å². The zero-order chi connectivity index (χ0) is 13.3. The Morgan fingerprint density at radius 2 is 1.16 bits per heavy atom. The summed E-state index contributed by atoms with van der Waals surface area (Å²) in [6, 6.07) is 0. The first kappa shape index (κ1) is 12.0. The third-order valence-corrected chi connectivity index (χ3v) is 12.2. The predicted octanol–water partition coefficient (Wildman–Crippen LogP) is 7.01. The van der Waals surface area contributed by atoms with Gasteiger partial charge in [-0.15, -0.1) is 0 Å². The highest BCUT2D eigenvalue weighted by Gasteiger charge is 2.16. The number of hydrogen-bond donors (Lipinski definition) is 0. The van der Waals surface area contributed by atoms with Crippen LogP contribution in [0.2, 0.25) is 0 Å². The largest absolute Gasteiger partial charge is 0.151 e. The Morgan fingerprint density at radius 3 is 1.58 bits per heavy atom. The first-order chi connectivity index (χ1) is 9.09. The minimum Gasteiger partial charge on any atom is -0.151 e. The molecule has 0 amide bonds. The Bertz CT molecular complexity index is 873. The van der Waals surface area contributed by atoms with Crippen LogP contribution in [-0.2, 0) is 0 Å². The summed E-state index contributed by atoms with van der Waals surface area (Å²) < 4.78 is 0. The van der Waals surface area contributed by atoms with Crippen molar-refractivity contribution in [3.8, 4) is 0 Å². The minimum atomic E-state index is -0.0980. The summed E-state index contributed by atoms with van der Waals surface area (Å²) in [4.78, 5) is 0. The highest BCUT2D eigenvalue weighted by Crippen LogP contribution is 2.60. The second-order valence-electron chi connectivity index (χ2n) is 5.46. The van der Waals surface area contributed by atoms with Gasteiger partial charge in [0.2, 0.25) is 0 Å². The average Bonchev–Trinajstić information content (AvgIpc) is 3.01. The molecule has 0 spiro atoms. The summed E-state index contributed by atoms with van der Waals surface area (Å²) in [7, 11) is -0.196. The molecule has 19 heavy (non-hydrogen) atoms. The van der Waals surface area contributed by atoms with E-state index in [0.717, 1.165) is 0 Å². The maximum Gasteiger partial charge on any atom is 0.0137 e. The molecule has 0 fully saturated rings. The van der Waals surface area contributed by atoms with Gasteiger partial charge in [0.25, 0.3) is 0 Å². The van der Waals surface area contributed by atoms with E-state index in [0.29, 0.717) is 0 Å². The minimum absolute atomic E-state index is 0.0980. The lowest BCUT2D eigenvalue weighted by Crippen LogP contribution is -1.72. The number of rotatable bonds is 0. The normalized spacial score (nSPS) is 14.1. The molecule has 0 saturated heterocycles. The van der Waals surface area contributed by atoms with Gasteiger partial charge in [0.05, 0.1) is 0 Å². The molecule has 0 saturated carbocycles. The van der Waals surface area contributed by atoms with Gasteiger partial charge in [-0.05, 0) is 72.3 Å². The van der Waals surface area contributed by atoms with Gasteiger partial charge in [-0.1, -0.05) is 14.0 Å². The van der Waals surface area contributed by atoms with Gasteiger partial charge in [0.15, 0.2) is 0 Å². The van der Waals surface area contributed by atoms with Crippen LogP contribution in [0.15, 0.2) is 22.4 Å². The maximum atomic E-state index is 2.58. The quantitative estimate of drug-likeness (QED) is 0.327. The van der Waals surface area contributed by atoms with Crippen molar-refractivity contribution in [2.24, 2.45) is 0 Å². The zero-order valence-electron chi connectivity index (χ0n) is 11.6. The highest BCUT2D eigenvalue weighted by molar-refractivity contribution is 8.09. The topological polar surface area (TPSA) is 0 Å². The zero-order valence-corrected chi connectivity index (χ0v) is 14.2. The molecule has 0 aliphatic heterocycles. The molecule has 4 aromatic rings. The van der Waals surface area contributed by atoms with Gasteiger partial charge in [0.1, 0.15) is 0 Å².